The molecule has 0 fully saturated rings. The molecule has 0 unspecified atom stereocenters. The highest BCUT2D eigenvalue weighted by Gasteiger charge is 2.14. The molecule has 0 saturated carbocycles. The number of carbonyl (C=O) groups is 2. The van der Waals surface area contributed by atoms with E-state index in [4.69, 9.17) is 11.6 Å². The molecule has 2 aromatic carbocycles. The molecule has 6 heteroatoms. The zero-order chi connectivity index (χ0) is 20.1. The maximum atomic E-state index is 12.6. The summed E-state index contributed by atoms with van der Waals surface area (Å²) < 4.78 is 0. The SMILES string of the molecule is CCc1ccccc1NC(=O)c1cc(C(=O)Nc2cccc(Cl)c2C)ccn1. The Hall–Kier alpha value is -3.18. The molecule has 2 N–H and O–H groups in total. The van der Waals surface area contributed by atoms with E-state index in [1.54, 1.807) is 24.3 Å². The van der Waals surface area contributed by atoms with E-state index in [0.717, 1.165) is 23.2 Å². The molecule has 3 rings (SSSR count). The first-order valence-corrected chi connectivity index (χ1v) is 9.29. The van der Waals surface area contributed by atoms with Crippen LogP contribution in [0, 0.1) is 6.92 Å². The zero-order valence-electron chi connectivity index (χ0n) is 15.6. The smallest absolute Gasteiger partial charge is 0.274 e. The van der Waals surface area contributed by atoms with E-state index < -0.39 is 0 Å². The highest BCUT2D eigenvalue weighted by molar-refractivity contribution is 6.31. The Morgan fingerprint density at radius 2 is 1.68 bits per heavy atom. The van der Waals surface area contributed by atoms with Gasteiger partial charge < -0.3 is 10.6 Å². The van der Waals surface area contributed by atoms with Gasteiger partial charge in [-0.2, -0.15) is 0 Å². The minimum atomic E-state index is -0.366. The minimum Gasteiger partial charge on any atom is -0.322 e. The Morgan fingerprint density at radius 3 is 2.46 bits per heavy atom. The van der Waals surface area contributed by atoms with Crippen LogP contribution in [0.15, 0.2) is 60.8 Å². The number of benzene rings is 2. The lowest BCUT2D eigenvalue weighted by Gasteiger charge is -2.11. The molecule has 28 heavy (non-hydrogen) atoms. The molecule has 0 spiro atoms. The molecule has 2 amide bonds. The summed E-state index contributed by atoms with van der Waals surface area (Å²) in [6.45, 7) is 3.85. The van der Waals surface area contributed by atoms with Gasteiger partial charge in [-0.05, 0) is 54.8 Å². The molecule has 0 aliphatic carbocycles. The van der Waals surface area contributed by atoms with Gasteiger partial charge in [-0.25, -0.2) is 0 Å². The summed E-state index contributed by atoms with van der Waals surface area (Å²) in [4.78, 5) is 29.3. The molecule has 1 aromatic heterocycles. The zero-order valence-corrected chi connectivity index (χ0v) is 16.4. The van der Waals surface area contributed by atoms with Gasteiger partial charge in [0.05, 0.1) is 0 Å². The number of aryl methyl sites for hydroxylation is 1. The lowest BCUT2D eigenvalue weighted by atomic mass is 10.1. The van der Waals surface area contributed by atoms with Crippen molar-refractivity contribution in [3.8, 4) is 0 Å². The van der Waals surface area contributed by atoms with Crippen molar-refractivity contribution in [1.29, 1.82) is 0 Å². The summed E-state index contributed by atoms with van der Waals surface area (Å²) in [5, 5.41) is 6.25. The largest absolute Gasteiger partial charge is 0.322 e. The van der Waals surface area contributed by atoms with Crippen LogP contribution in [0.4, 0.5) is 11.4 Å². The third-order valence-corrected chi connectivity index (χ3v) is 4.83. The normalized spacial score (nSPS) is 10.4. The Labute approximate surface area is 168 Å². The number of nitrogens with zero attached hydrogens (tertiary/aromatic N) is 1. The van der Waals surface area contributed by atoms with E-state index in [1.807, 2.05) is 38.1 Å². The Balaban J connectivity index is 1.78. The van der Waals surface area contributed by atoms with Crippen LogP contribution in [0.25, 0.3) is 0 Å². The maximum Gasteiger partial charge on any atom is 0.274 e. The molecule has 5 nitrogen and oxygen atoms in total. The van der Waals surface area contributed by atoms with Gasteiger partial charge in [-0.15, -0.1) is 0 Å². The first-order chi connectivity index (χ1) is 13.5. The molecular weight excluding hydrogens is 374 g/mol. The summed E-state index contributed by atoms with van der Waals surface area (Å²) in [6.07, 6.45) is 2.24. The van der Waals surface area contributed by atoms with E-state index in [1.165, 1.54) is 12.3 Å². The number of para-hydroxylation sites is 1. The van der Waals surface area contributed by atoms with Gasteiger partial charge in [0.2, 0.25) is 0 Å². The van der Waals surface area contributed by atoms with Crippen LogP contribution < -0.4 is 10.6 Å². The first-order valence-electron chi connectivity index (χ1n) is 8.91. The molecular formula is C22H20ClN3O2. The summed E-state index contributed by atoms with van der Waals surface area (Å²) in [5.41, 5.74) is 3.67. The van der Waals surface area contributed by atoms with Crippen molar-refractivity contribution in [3.05, 3.63) is 88.2 Å². The van der Waals surface area contributed by atoms with E-state index in [9.17, 15) is 9.59 Å². The third-order valence-electron chi connectivity index (χ3n) is 4.42. The fraction of sp³-hybridized carbons (Fsp3) is 0.136. The van der Waals surface area contributed by atoms with Crippen LogP contribution in [0.3, 0.4) is 0 Å². The quantitative estimate of drug-likeness (QED) is 0.632. The summed E-state index contributed by atoms with van der Waals surface area (Å²) in [7, 11) is 0. The molecule has 1 heterocycles. The number of aromatic nitrogens is 1. The predicted molar refractivity (Wildman–Crippen MR) is 112 cm³/mol. The Bertz CT molecular complexity index is 1030. The lowest BCUT2D eigenvalue weighted by molar-refractivity contribution is 0.102. The lowest BCUT2D eigenvalue weighted by Crippen LogP contribution is -2.17. The minimum absolute atomic E-state index is 0.168. The van der Waals surface area contributed by atoms with Gasteiger partial charge in [-0.3, -0.25) is 14.6 Å². The molecule has 0 aliphatic rings. The molecule has 142 valence electrons. The second kappa shape index (κ2) is 8.67. The van der Waals surface area contributed by atoms with E-state index >= 15 is 0 Å². The average Bonchev–Trinajstić information content (AvgIpc) is 2.72. The van der Waals surface area contributed by atoms with Gasteiger partial charge >= 0.3 is 0 Å². The van der Waals surface area contributed by atoms with Gasteiger partial charge in [0.15, 0.2) is 0 Å². The number of rotatable bonds is 5. The maximum absolute atomic E-state index is 12.6. The monoisotopic (exact) mass is 393 g/mol. The number of hydrogen-bond donors (Lipinski definition) is 2. The molecule has 0 saturated heterocycles. The number of hydrogen-bond acceptors (Lipinski definition) is 3. The van der Waals surface area contributed by atoms with Crippen molar-refractivity contribution >= 4 is 34.8 Å². The van der Waals surface area contributed by atoms with Crippen LogP contribution in [-0.4, -0.2) is 16.8 Å². The topological polar surface area (TPSA) is 71.1 Å². The van der Waals surface area contributed by atoms with E-state index in [2.05, 4.69) is 15.6 Å². The van der Waals surface area contributed by atoms with Crippen molar-refractivity contribution in [2.24, 2.45) is 0 Å². The second-order valence-corrected chi connectivity index (χ2v) is 6.67. The molecule has 0 bridgehead atoms. The van der Waals surface area contributed by atoms with E-state index in [-0.39, 0.29) is 17.5 Å². The highest BCUT2D eigenvalue weighted by Crippen LogP contribution is 2.23. The number of halogens is 1. The molecule has 0 atom stereocenters. The fourth-order valence-corrected chi connectivity index (χ4v) is 2.94. The van der Waals surface area contributed by atoms with Gasteiger partial charge in [0, 0.05) is 28.2 Å². The van der Waals surface area contributed by atoms with Crippen LogP contribution in [-0.2, 0) is 6.42 Å². The summed E-state index contributed by atoms with van der Waals surface area (Å²) in [6, 6.07) is 15.9. The number of amides is 2. The number of carbonyl (C=O) groups excluding carboxylic acids is 2. The van der Waals surface area contributed by atoms with Crippen LogP contribution in [0.5, 0.6) is 0 Å². The number of anilines is 2. The standard InChI is InChI=1S/C22H20ClN3O2/c1-3-15-7-4-5-9-19(15)26-22(28)20-13-16(11-12-24-20)21(27)25-18-10-6-8-17(23)14(18)2/h4-13H,3H2,1-2H3,(H,25,27)(H,26,28). The Kier molecular flexibility index (Phi) is 6.06. The summed E-state index contributed by atoms with van der Waals surface area (Å²) in [5.74, 6) is -0.703. The molecule has 3 aromatic rings. The van der Waals surface area contributed by atoms with E-state index in [0.29, 0.717) is 16.3 Å². The van der Waals surface area contributed by atoms with Crippen molar-refractivity contribution in [3.63, 3.8) is 0 Å². The van der Waals surface area contributed by atoms with Gasteiger partial charge in [0.1, 0.15) is 5.69 Å². The van der Waals surface area contributed by atoms with Gasteiger partial charge in [-0.1, -0.05) is 42.8 Å². The molecule has 0 radical (unpaired) electrons. The number of nitrogens with one attached hydrogen (secondary N) is 2. The predicted octanol–water partition coefficient (Wildman–Crippen LogP) is 5.11. The van der Waals surface area contributed by atoms with Gasteiger partial charge in [0.25, 0.3) is 11.8 Å². The van der Waals surface area contributed by atoms with Crippen molar-refractivity contribution in [2.45, 2.75) is 20.3 Å². The highest BCUT2D eigenvalue weighted by atomic mass is 35.5. The van der Waals surface area contributed by atoms with Crippen LogP contribution in [0.1, 0.15) is 38.9 Å². The Morgan fingerprint density at radius 1 is 0.964 bits per heavy atom. The average molecular weight is 394 g/mol. The third kappa shape index (κ3) is 4.38. The van der Waals surface area contributed by atoms with Crippen molar-refractivity contribution in [1.82, 2.24) is 4.98 Å². The van der Waals surface area contributed by atoms with Crippen LogP contribution in [0.2, 0.25) is 5.02 Å². The second-order valence-electron chi connectivity index (χ2n) is 6.26. The first kappa shape index (κ1) is 19.6. The fourth-order valence-electron chi connectivity index (χ4n) is 2.77. The van der Waals surface area contributed by atoms with Crippen molar-refractivity contribution in [2.75, 3.05) is 10.6 Å². The van der Waals surface area contributed by atoms with Crippen molar-refractivity contribution < 1.29 is 9.59 Å². The molecule has 0 aliphatic heterocycles. The van der Waals surface area contributed by atoms with Crippen LogP contribution >= 0.6 is 11.6 Å². The number of pyridine rings is 1. The summed E-state index contributed by atoms with van der Waals surface area (Å²) >= 11 is 6.10.